The number of carbonyl (C=O) groups excluding carboxylic acids is 2. The van der Waals surface area contributed by atoms with Crippen molar-refractivity contribution >= 4 is 11.9 Å². The molecule has 0 radical (unpaired) electrons. The predicted molar refractivity (Wildman–Crippen MR) is 73.5 cm³/mol. The summed E-state index contributed by atoms with van der Waals surface area (Å²) in [6.07, 6.45) is 0.477. The van der Waals surface area contributed by atoms with Gasteiger partial charge in [-0.2, -0.15) is 0 Å². The second-order valence-electron chi connectivity index (χ2n) is 6.11. The lowest BCUT2D eigenvalue weighted by Gasteiger charge is -2.29. The van der Waals surface area contributed by atoms with E-state index in [9.17, 15) is 9.59 Å². The van der Waals surface area contributed by atoms with Gasteiger partial charge < -0.3 is 26.4 Å². The minimum Gasteiger partial charge on any atom is -1.00 e. The molecular formula is C14H28ClNO4. The third-order valence-corrected chi connectivity index (χ3v) is 2.37. The smallest absolute Gasteiger partial charge is 0.309 e. The summed E-state index contributed by atoms with van der Waals surface area (Å²) in [6.45, 7) is 6.49. The van der Waals surface area contributed by atoms with Crippen molar-refractivity contribution in [2.24, 2.45) is 5.92 Å². The Hall–Kier alpha value is -0.810. The van der Waals surface area contributed by atoms with Crippen LogP contribution < -0.4 is 12.4 Å². The van der Waals surface area contributed by atoms with Gasteiger partial charge in [0.1, 0.15) is 6.54 Å². The van der Waals surface area contributed by atoms with Crippen molar-refractivity contribution in [2.75, 3.05) is 34.3 Å². The number of hydrogen-bond acceptors (Lipinski definition) is 4. The van der Waals surface area contributed by atoms with E-state index in [0.29, 0.717) is 17.6 Å². The van der Waals surface area contributed by atoms with Crippen LogP contribution in [0, 0.1) is 5.92 Å². The average molecular weight is 310 g/mol. The third-order valence-electron chi connectivity index (χ3n) is 2.37. The maximum atomic E-state index is 11.7. The van der Waals surface area contributed by atoms with E-state index in [2.05, 4.69) is 0 Å². The molecule has 5 nitrogen and oxygen atoms in total. The Labute approximate surface area is 128 Å². The van der Waals surface area contributed by atoms with Gasteiger partial charge in [-0.1, -0.05) is 20.8 Å². The topological polar surface area (TPSA) is 52.6 Å². The average Bonchev–Trinajstić information content (AvgIpc) is 2.23. The van der Waals surface area contributed by atoms with Crippen LogP contribution in [0.3, 0.4) is 0 Å². The summed E-state index contributed by atoms with van der Waals surface area (Å²) < 4.78 is 11.0. The van der Waals surface area contributed by atoms with Crippen LogP contribution >= 0.6 is 0 Å². The van der Waals surface area contributed by atoms with Crippen molar-refractivity contribution in [2.45, 2.75) is 39.7 Å². The van der Waals surface area contributed by atoms with Crippen LogP contribution in [0.15, 0.2) is 0 Å². The third kappa shape index (κ3) is 11.1. The van der Waals surface area contributed by atoms with Gasteiger partial charge in [0.25, 0.3) is 0 Å². The van der Waals surface area contributed by atoms with E-state index in [1.165, 1.54) is 0 Å². The fourth-order valence-corrected chi connectivity index (χ4v) is 1.52. The Morgan fingerprint density at radius 2 is 1.70 bits per heavy atom. The highest BCUT2D eigenvalue weighted by atomic mass is 35.5. The Bertz CT molecular complexity index is 300. The second-order valence-corrected chi connectivity index (χ2v) is 6.11. The molecule has 0 spiro atoms. The predicted octanol–water partition coefficient (Wildman–Crippen LogP) is -1.39. The summed E-state index contributed by atoms with van der Waals surface area (Å²) in [5.41, 5.74) is 0. The van der Waals surface area contributed by atoms with Crippen LogP contribution in [0.25, 0.3) is 0 Å². The van der Waals surface area contributed by atoms with Gasteiger partial charge in [0.15, 0.2) is 6.10 Å². The Morgan fingerprint density at radius 1 is 1.15 bits per heavy atom. The molecule has 0 unspecified atom stereocenters. The second kappa shape index (κ2) is 10.00. The quantitative estimate of drug-likeness (QED) is 0.409. The van der Waals surface area contributed by atoms with E-state index in [1.807, 2.05) is 28.1 Å². The van der Waals surface area contributed by atoms with E-state index in [-0.39, 0.29) is 36.7 Å². The molecule has 0 aromatic heterocycles. The number of halogens is 1. The van der Waals surface area contributed by atoms with Gasteiger partial charge in [-0.3, -0.25) is 9.59 Å². The molecule has 0 aliphatic heterocycles. The van der Waals surface area contributed by atoms with Gasteiger partial charge in [-0.25, -0.2) is 0 Å². The molecule has 0 saturated heterocycles. The molecule has 0 heterocycles. The molecule has 1 atom stereocenters. The van der Waals surface area contributed by atoms with Gasteiger partial charge in [0.2, 0.25) is 0 Å². The molecule has 0 saturated carbocycles. The minimum absolute atomic E-state index is 0. The number of quaternary nitrogens is 1. The SMILES string of the molecule is CCCOC(=O)C[C@H](C[N+](C)(C)C)OC(=O)C(C)C.[Cl-]. The Kier molecular flexibility index (Phi) is 10.7. The van der Waals surface area contributed by atoms with Gasteiger partial charge in [-0.05, 0) is 6.42 Å². The normalized spacial score (nSPS) is 12.6. The maximum absolute atomic E-state index is 11.7. The van der Waals surface area contributed by atoms with Crippen LogP contribution in [-0.4, -0.2) is 56.8 Å². The molecular weight excluding hydrogens is 282 g/mol. The zero-order valence-corrected chi connectivity index (χ0v) is 14.2. The van der Waals surface area contributed by atoms with E-state index >= 15 is 0 Å². The first-order valence-electron chi connectivity index (χ1n) is 6.82. The zero-order chi connectivity index (χ0) is 15.1. The highest BCUT2D eigenvalue weighted by Crippen LogP contribution is 2.09. The molecule has 0 rings (SSSR count). The maximum Gasteiger partial charge on any atom is 0.309 e. The number of carbonyl (C=O) groups is 2. The highest BCUT2D eigenvalue weighted by molar-refractivity contribution is 5.73. The van der Waals surface area contributed by atoms with Crippen molar-refractivity contribution in [3.8, 4) is 0 Å². The zero-order valence-electron chi connectivity index (χ0n) is 13.4. The summed E-state index contributed by atoms with van der Waals surface area (Å²) in [6, 6.07) is 0. The Balaban J connectivity index is 0. The van der Waals surface area contributed by atoms with Crippen molar-refractivity contribution in [1.82, 2.24) is 0 Å². The molecule has 0 N–H and O–H groups in total. The molecule has 0 amide bonds. The van der Waals surface area contributed by atoms with Crippen molar-refractivity contribution in [3.63, 3.8) is 0 Å². The van der Waals surface area contributed by atoms with E-state index in [4.69, 9.17) is 9.47 Å². The van der Waals surface area contributed by atoms with Gasteiger partial charge in [0.05, 0.1) is 40.1 Å². The molecule has 120 valence electrons. The first-order valence-corrected chi connectivity index (χ1v) is 6.82. The van der Waals surface area contributed by atoms with Gasteiger partial charge in [0, 0.05) is 0 Å². The number of esters is 2. The summed E-state index contributed by atoms with van der Waals surface area (Å²) in [5.74, 6) is -0.778. The Morgan fingerprint density at radius 3 is 2.10 bits per heavy atom. The number of rotatable bonds is 8. The summed E-state index contributed by atoms with van der Waals surface area (Å²) in [5, 5.41) is 0. The van der Waals surface area contributed by atoms with Crippen molar-refractivity contribution in [3.05, 3.63) is 0 Å². The fraction of sp³-hybridized carbons (Fsp3) is 0.857. The standard InChI is InChI=1S/C14H28NO4.ClH/c1-7-8-18-13(16)9-12(10-15(4,5)6)19-14(17)11(2)3;/h11-12H,7-10H2,1-6H3;1H/q+1;/p-1/t12-;/m1./s1. The minimum atomic E-state index is -0.431. The number of likely N-dealkylation sites (N-methyl/N-ethyl adjacent to an activating group) is 1. The molecule has 0 fully saturated rings. The molecule has 0 bridgehead atoms. The molecule has 0 aliphatic rings. The molecule has 0 aromatic carbocycles. The highest BCUT2D eigenvalue weighted by Gasteiger charge is 2.26. The van der Waals surface area contributed by atoms with Crippen LogP contribution in [0.4, 0.5) is 0 Å². The van der Waals surface area contributed by atoms with E-state index < -0.39 is 6.10 Å². The molecule has 6 heteroatoms. The summed E-state index contributed by atoms with van der Waals surface area (Å²) >= 11 is 0. The number of hydrogen-bond donors (Lipinski definition) is 0. The molecule has 0 aliphatic carbocycles. The number of nitrogens with zero attached hydrogens (tertiary/aromatic N) is 1. The molecule has 20 heavy (non-hydrogen) atoms. The van der Waals surface area contributed by atoms with E-state index in [0.717, 1.165) is 6.42 Å². The molecule has 0 aromatic rings. The first kappa shape index (κ1) is 21.5. The lowest BCUT2D eigenvalue weighted by molar-refractivity contribution is -0.873. The van der Waals surface area contributed by atoms with Crippen LogP contribution in [-0.2, 0) is 19.1 Å². The monoisotopic (exact) mass is 309 g/mol. The fourth-order valence-electron chi connectivity index (χ4n) is 1.52. The van der Waals surface area contributed by atoms with Crippen LogP contribution in [0.5, 0.6) is 0 Å². The number of ether oxygens (including phenoxy) is 2. The van der Waals surface area contributed by atoms with E-state index in [1.54, 1.807) is 13.8 Å². The first-order chi connectivity index (χ1) is 8.65. The van der Waals surface area contributed by atoms with Crippen molar-refractivity contribution in [1.29, 1.82) is 0 Å². The summed E-state index contributed by atoms with van der Waals surface area (Å²) in [4.78, 5) is 23.3. The lowest BCUT2D eigenvalue weighted by atomic mass is 10.2. The lowest BCUT2D eigenvalue weighted by Crippen LogP contribution is -3.00. The van der Waals surface area contributed by atoms with Crippen LogP contribution in [0.1, 0.15) is 33.6 Å². The van der Waals surface area contributed by atoms with Gasteiger partial charge in [-0.15, -0.1) is 0 Å². The summed E-state index contributed by atoms with van der Waals surface area (Å²) in [7, 11) is 5.98. The van der Waals surface area contributed by atoms with Crippen molar-refractivity contribution < 1.29 is 36.0 Å². The van der Waals surface area contributed by atoms with Crippen LogP contribution in [0.2, 0.25) is 0 Å². The van der Waals surface area contributed by atoms with Gasteiger partial charge >= 0.3 is 11.9 Å². The largest absolute Gasteiger partial charge is 1.00 e.